The number of amides is 1. The summed E-state index contributed by atoms with van der Waals surface area (Å²) in [6.45, 7) is 3.77. The molecule has 0 aliphatic carbocycles. The quantitative estimate of drug-likeness (QED) is 0.825. The Morgan fingerprint density at radius 3 is 2.86 bits per heavy atom. The molecule has 0 aliphatic heterocycles. The van der Waals surface area contributed by atoms with Crippen LogP contribution in [0.5, 0.6) is 0 Å². The van der Waals surface area contributed by atoms with Gasteiger partial charge in [-0.05, 0) is 26.0 Å². The summed E-state index contributed by atoms with van der Waals surface area (Å²) in [6.07, 6.45) is 3.36. The number of carbonyl (C=O) groups is 2. The van der Waals surface area contributed by atoms with Crippen molar-refractivity contribution in [3.05, 3.63) is 47.5 Å². The number of aromatic nitrogens is 2. The van der Waals surface area contributed by atoms with Gasteiger partial charge in [-0.15, -0.1) is 0 Å². The number of nitrogens with zero attached hydrogens (tertiary/aromatic N) is 1. The highest BCUT2D eigenvalue weighted by Crippen LogP contribution is 2.20. The average molecular weight is 287 g/mol. The highest BCUT2D eigenvalue weighted by Gasteiger charge is 2.19. The van der Waals surface area contributed by atoms with Crippen molar-refractivity contribution in [3.8, 4) is 0 Å². The molecule has 2 heterocycles. The van der Waals surface area contributed by atoms with Crippen LogP contribution in [0, 0.1) is 6.92 Å². The minimum Gasteiger partial charge on any atom is -0.462 e. The number of pyridine rings is 1. The number of aryl methyl sites for hydroxylation is 1. The van der Waals surface area contributed by atoms with Crippen LogP contribution in [0.25, 0.3) is 0 Å². The van der Waals surface area contributed by atoms with Crippen LogP contribution in [-0.2, 0) is 16.0 Å². The molecular formula is C15H17N3O3. The van der Waals surface area contributed by atoms with E-state index in [0.717, 1.165) is 0 Å². The van der Waals surface area contributed by atoms with E-state index >= 15 is 0 Å². The van der Waals surface area contributed by atoms with E-state index < -0.39 is 5.97 Å². The summed E-state index contributed by atoms with van der Waals surface area (Å²) in [4.78, 5) is 30.9. The SMILES string of the molecule is CCOC(=O)c1c(NC(=O)Cc2ccccn2)c[nH]c1C. The second kappa shape index (κ2) is 6.69. The molecular weight excluding hydrogens is 270 g/mol. The number of H-pyrrole nitrogens is 1. The van der Waals surface area contributed by atoms with Gasteiger partial charge in [0.2, 0.25) is 5.91 Å². The van der Waals surface area contributed by atoms with Crippen LogP contribution in [0.15, 0.2) is 30.6 Å². The number of ether oxygens (including phenoxy) is 1. The Kier molecular flexibility index (Phi) is 4.71. The van der Waals surface area contributed by atoms with Crippen LogP contribution in [0.1, 0.15) is 28.7 Å². The summed E-state index contributed by atoms with van der Waals surface area (Å²) in [5.41, 5.74) is 2.10. The van der Waals surface area contributed by atoms with Crippen LogP contribution >= 0.6 is 0 Å². The molecule has 0 aromatic carbocycles. The van der Waals surface area contributed by atoms with Gasteiger partial charge in [0.05, 0.1) is 18.7 Å². The van der Waals surface area contributed by atoms with Crippen LogP contribution in [-0.4, -0.2) is 28.5 Å². The zero-order chi connectivity index (χ0) is 15.2. The smallest absolute Gasteiger partial charge is 0.342 e. The molecule has 0 unspecified atom stereocenters. The van der Waals surface area contributed by atoms with E-state index in [9.17, 15) is 9.59 Å². The Bertz CT molecular complexity index is 635. The first kappa shape index (κ1) is 14.8. The third-order valence-corrected chi connectivity index (χ3v) is 2.90. The number of hydrogen-bond donors (Lipinski definition) is 2. The van der Waals surface area contributed by atoms with E-state index in [4.69, 9.17) is 4.74 Å². The molecule has 2 N–H and O–H groups in total. The van der Waals surface area contributed by atoms with Gasteiger partial charge in [0.1, 0.15) is 5.56 Å². The fraction of sp³-hybridized carbons (Fsp3) is 0.267. The summed E-state index contributed by atoms with van der Waals surface area (Å²) in [5, 5.41) is 2.71. The van der Waals surface area contributed by atoms with Crippen LogP contribution in [0.3, 0.4) is 0 Å². The number of esters is 1. The Hall–Kier alpha value is -2.63. The maximum atomic E-state index is 12.0. The molecule has 2 rings (SSSR count). The molecule has 0 spiro atoms. The predicted molar refractivity (Wildman–Crippen MR) is 78.1 cm³/mol. The number of nitrogens with one attached hydrogen (secondary N) is 2. The van der Waals surface area contributed by atoms with Crippen LogP contribution in [0.2, 0.25) is 0 Å². The third kappa shape index (κ3) is 3.68. The third-order valence-electron chi connectivity index (χ3n) is 2.90. The Morgan fingerprint density at radius 2 is 2.19 bits per heavy atom. The minimum atomic E-state index is -0.454. The lowest BCUT2D eigenvalue weighted by atomic mass is 10.2. The lowest BCUT2D eigenvalue weighted by Gasteiger charge is -2.07. The van der Waals surface area contributed by atoms with Crippen molar-refractivity contribution in [3.63, 3.8) is 0 Å². The fourth-order valence-electron chi connectivity index (χ4n) is 1.95. The van der Waals surface area contributed by atoms with E-state index in [1.165, 1.54) is 0 Å². The number of aromatic amines is 1. The van der Waals surface area contributed by atoms with Gasteiger partial charge < -0.3 is 15.0 Å². The van der Waals surface area contributed by atoms with Gasteiger partial charge in [-0.3, -0.25) is 9.78 Å². The summed E-state index contributed by atoms with van der Waals surface area (Å²) in [5.74, 6) is -0.692. The Labute approximate surface area is 122 Å². The lowest BCUT2D eigenvalue weighted by molar-refractivity contribution is -0.115. The van der Waals surface area contributed by atoms with Gasteiger partial charge in [0.25, 0.3) is 0 Å². The molecule has 0 fully saturated rings. The van der Waals surface area contributed by atoms with Gasteiger partial charge in [-0.2, -0.15) is 0 Å². The fourth-order valence-corrected chi connectivity index (χ4v) is 1.95. The van der Waals surface area contributed by atoms with Crippen molar-refractivity contribution >= 4 is 17.6 Å². The van der Waals surface area contributed by atoms with Gasteiger partial charge in [0, 0.05) is 23.8 Å². The first-order valence-electron chi connectivity index (χ1n) is 6.66. The normalized spacial score (nSPS) is 10.2. The molecule has 0 radical (unpaired) electrons. The number of hydrogen-bond acceptors (Lipinski definition) is 4. The topological polar surface area (TPSA) is 84.1 Å². The number of rotatable bonds is 5. The summed E-state index contributed by atoms with van der Waals surface area (Å²) >= 11 is 0. The summed E-state index contributed by atoms with van der Waals surface area (Å²) in [7, 11) is 0. The molecule has 2 aromatic rings. The van der Waals surface area contributed by atoms with Crippen LogP contribution in [0.4, 0.5) is 5.69 Å². The molecule has 6 heteroatoms. The Morgan fingerprint density at radius 1 is 1.38 bits per heavy atom. The second-order valence-corrected chi connectivity index (χ2v) is 4.47. The summed E-state index contributed by atoms with van der Waals surface area (Å²) < 4.78 is 4.99. The zero-order valence-electron chi connectivity index (χ0n) is 12.0. The maximum absolute atomic E-state index is 12.0. The number of anilines is 1. The second-order valence-electron chi connectivity index (χ2n) is 4.47. The largest absolute Gasteiger partial charge is 0.462 e. The van der Waals surface area contributed by atoms with E-state index in [2.05, 4.69) is 15.3 Å². The number of carbonyl (C=O) groups excluding carboxylic acids is 2. The van der Waals surface area contributed by atoms with Crippen LogP contribution < -0.4 is 5.32 Å². The molecule has 21 heavy (non-hydrogen) atoms. The standard InChI is InChI=1S/C15H17N3O3/c1-3-21-15(20)14-10(2)17-9-12(14)18-13(19)8-11-6-4-5-7-16-11/h4-7,9,17H,3,8H2,1-2H3,(H,18,19). The molecule has 0 saturated heterocycles. The van der Waals surface area contributed by atoms with Crippen molar-refractivity contribution in [2.24, 2.45) is 0 Å². The molecule has 0 aliphatic rings. The minimum absolute atomic E-state index is 0.146. The molecule has 1 amide bonds. The van der Waals surface area contributed by atoms with E-state index in [1.54, 1.807) is 38.4 Å². The van der Waals surface area contributed by atoms with Crippen molar-refractivity contribution in [1.82, 2.24) is 9.97 Å². The van der Waals surface area contributed by atoms with Crippen molar-refractivity contribution in [2.45, 2.75) is 20.3 Å². The monoisotopic (exact) mass is 287 g/mol. The average Bonchev–Trinajstić information content (AvgIpc) is 2.81. The molecule has 110 valence electrons. The zero-order valence-corrected chi connectivity index (χ0v) is 12.0. The Balaban J connectivity index is 2.09. The lowest BCUT2D eigenvalue weighted by Crippen LogP contribution is -2.17. The van der Waals surface area contributed by atoms with Gasteiger partial charge in [0.15, 0.2) is 0 Å². The van der Waals surface area contributed by atoms with E-state index in [-0.39, 0.29) is 18.9 Å². The van der Waals surface area contributed by atoms with Gasteiger partial charge in [-0.1, -0.05) is 6.07 Å². The molecule has 0 atom stereocenters. The van der Waals surface area contributed by atoms with Gasteiger partial charge in [-0.25, -0.2) is 4.79 Å². The molecule has 6 nitrogen and oxygen atoms in total. The predicted octanol–water partition coefficient (Wildman–Crippen LogP) is 2.08. The van der Waals surface area contributed by atoms with Crippen molar-refractivity contribution < 1.29 is 14.3 Å². The summed E-state index contributed by atoms with van der Waals surface area (Å²) in [6, 6.07) is 5.38. The molecule has 0 saturated carbocycles. The van der Waals surface area contributed by atoms with Crippen molar-refractivity contribution in [1.29, 1.82) is 0 Å². The maximum Gasteiger partial charge on any atom is 0.342 e. The highest BCUT2D eigenvalue weighted by molar-refractivity contribution is 6.02. The first-order chi connectivity index (χ1) is 10.1. The van der Waals surface area contributed by atoms with Crippen molar-refractivity contribution in [2.75, 3.05) is 11.9 Å². The molecule has 2 aromatic heterocycles. The first-order valence-corrected chi connectivity index (χ1v) is 6.66. The van der Waals surface area contributed by atoms with E-state index in [0.29, 0.717) is 22.6 Å². The van der Waals surface area contributed by atoms with Gasteiger partial charge >= 0.3 is 5.97 Å². The highest BCUT2D eigenvalue weighted by atomic mass is 16.5. The molecule has 0 bridgehead atoms. The van der Waals surface area contributed by atoms with E-state index in [1.807, 2.05) is 6.07 Å².